The summed E-state index contributed by atoms with van der Waals surface area (Å²) in [6.45, 7) is 0. The predicted octanol–water partition coefficient (Wildman–Crippen LogP) is 4.54. The van der Waals surface area contributed by atoms with Gasteiger partial charge in [-0.2, -0.15) is 13.2 Å². The highest BCUT2D eigenvalue weighted by Crippen LogP contribution is 2.46. The smallest absolute Gasteiger partial charge is 0.402 e. The molecule has 0 radical (unpaired) electrons. The number of hydrogen-bond donors (Lipinski definition) is 1. The van der Waals surface area contributed by atoms with Crippen LogP contribution in [0.2, 0.25) is 0 Å². The first kappa shape index (κ1) is 15.3. The molecular weight excluding hydrogens is 352 g/mol. The van der Waals surface area contributed by atoms with Crippen LogP contribution >= 0.6 is 27.7 Å². The maximum absolute atomic E-state index is 12.2. The van der Waals surface area contributed by atoms with E-state index in [0.29, 0.717) is 0 Å². The van der Waals surface area contributed by atoms with Crippen molar-refractivity contribution in [3.8, 4) is 5.75 Å². The van der Waals surface area contributed by atoms with Crippen LogP contribution < -0.4 is 10.5 Å². The second-order valence-corrected chi connectivity index (χ2v) is 4.85. The van der Waals surface area contributed by atoms with Gasteiger partial charge in [0, 0.05) is 4.47 Å². The van der Waals surface area contributed by atoms with Crippen LogP contribution in [0.4, 0.5) is 32.0 Å². The topological polar surface area (TPSA) is 35.2 Å². The van der Waals surface area contributed by atoms with Crippen molar-refractivity contribution in [2.24, 2.45) is 0 Å². The van der Waals surface area contributed by atoms with Gasteiger partial charge in [-0.15, -0.1) is 13.2 Å². The maximum Gasteiger partial charge on any atom is 0.573 e. The van der Waals surface area contributed by atoms with Crippen LogP contribution in [-0.2, 0) is 0 Å². The van der Waals surface area contributed by atoms with Crippen molar-refractivity contribution in [2.75, 3.05) is 5.73 Å². The van der Waals surface area contributed by atoms with Crippen molar-refractivity contribution in [1.82, 2.24) is 0 Å². The van der Waals surface area contributed by atoms with Gasteiger partial charge in [-0.1, -0.05) is 0 Å². The molecule has 0 bridgehead atoms. The molecule has 0 heterocycles. The Morgan fingerprint density at radius 2 is 1.67 bits per heavy atom. The Balaban J connectivity index is 3.22. The van der Waals surface area contributed by atoms with Crippen LogP contribution in [0.3, 0.4) is 0 Å². The lowest BCUT2D eigenvalue weighted by Crippen LogP contribution is -2.19. The highest BCUT2D eigenvalue weighted by Gasteiger charge is 2.37. The van der Waals surface area contributed by atoms with E-state index >= 15 is 0 Å². The second kappa shape index (κ2) is 5.08. The van der Waals surface area contributed by atoms with Crippen molar-refractivity contribution >= 4 is 33.4 Å². The quantitative estimate of drug-likeness (QED) is 0.480. The normalized spacial score (nSPS) is 12.6. The number of rotatable bonds is 2. The van der Waals surface area contributed by atoms with Crippen molar-refractivity contribution < 1.29 is 31.1 Å². The van der Waals surface area contributed by atoms with E-state index in [1.807, 2.05) is 0 Å². The number of benzene rings is 1. The molecule has 1 aromatic rings. The zero-order valence-corrected chi connectivity index (χ0v) is 10.6. The largest absolute Gasteiger partial charge is 0.573 e. The molecule has 2 nitrogen and oxygen atoms in total. The summed E-state index contributed by atoms with van der Waals surface area (Å²) in [6.07, 6.45) is -5.13. The minimum atomic E-state index is -5.13. The molecule has 0 aromatic heterocycles. The first-order valence-electron chi connectivity index (χ1n) is 4.09. The van der Waals surface area contributed by atoms with Gasteiger partial charge in [0.25, 0.3) is 0 Å². The highest BCUT2D eigenvalue weighted by molar-refractivity contribution is 9.10. The van der Waals surface area contributed by atoms with Gasteiger partial charge < -0.3 is 10.5 Å². The van der Waals surface area contributed by atoms with Gasteiger partial charge in [0.2, 0.25) is 0 Å². The zero-order valence-electron chi connectivity index (χ0n) is 8.19. The van der Waals surface area contributed by atoms with E-state index in [0.717, 1.165) is 12.1 Å². The van der Waals surface area contributed by atoms with Crippen molar-refractivity contribution in [3.63, 3.8) is 0 Å². The van der Waals surface area contributed by atoms with Crippen molar-refractivity contribution in [1.29, 1.82) is 0 Å². The van der Waals surface area contributed by atoms with E-state index in [1.54, 1.807) is 0 Å². The predicted molar refractivity (Wildman–Crippen MR) is 57.1 cm³/mol. The molecule has 0 aliphatic rings. The number of thioether (sulfide) groups is 1. The first-order chi connectivity index (χ1) is 7.99. The molecular formula is C8H4BrF6NOS. The van der Waals surface area contributed by atoms with Crippen LogP contribution in [0.15, 0.2) is 21.5 Å². The summed E-state index contributed by atoms with van der Waals surface area (Å²) in [6, 6.07) is 1.94. The number of ether oxygens (including phenoxy) is 1. The van der Waals surface area contributed by atoms with Crippen molar-refractivity contribution in [2.45, 2.75) is 16.8 Å². The molecule has 1 aromatic carbocycles. The second-order valence-electron chi connectivity index (χ2n) is 2.88. The summed E-state index contributed by atoms with van der Waals surface area (Å²) in [5.41, 5.74) is -0.0433. The molecule has 0 aliphatic carbocycles. The molecule has 2 N–H and O–H groups in total. The number of nitrogens with two attached hydrogens (primary N) is 1. The Kier molecular flexibility index (Phi) is 4.31. The van der Waals surface area contributed by atoms with Crippen LogP contribution in [0.5, 0.6) is 5.75 Å². The lowest BCUT2D eigenvalue weighted by atomic mass is 10.3. The van der Waals surface area contributed by atoms with Gasteiger partial charge in [0.05, 0.1) is 10.6 Å². The summed E-state index contributed by atoms with van der Waals surface area (Å²) in [5.74, 6) is -1.07. The van der Waals surface area contributed by atoms with Crippen LogP contribution in [0.25, 0.3) is 0 Å². The van der Waals surface area contributed by atoms with Gasteiger partial charge in [-0.25, -0.2) is 0 Å². The van der Waals surface area contributed by atoms with Gasteiger partial charge in [-0.3, -0.25) is 0 Å². The number of anilines is 1. The fourth-order valence-electron chi connectivity index (χ4n) is 0.982. The molecule has 0 amide bonds. The maximum atomic E-state index is 12.2. The fourth-order valence-corrected chi connectivity index (χ4v) is 1.92. The third-order valence-corrected chi connectivity index (χ3v) is 3.01. The third kappa shape index (κ3) is 4.48. The number of hydrogen-bond acceptors (Lipinski definition) is 3. The third-order valence-electron chi connectivity index (χ3n) is 1.55. The van der Waals surface area contributed by atoms with E-state index in [4.69, 9.17) is 5.73 Å². The minimum absolute atomic E-state index is 0.00766. The van der Waals surface area contributed by atoms with Crippen molar-refractivity contribution in [3.05, 3.63) is 16.6 Å². The molecule has 0 saturated carbocycles. The highest BCUT2D eigenvalue weighted by atomic mass is 79.9. The number of alkyl halides is 6. The molecule has 0 atom stereocenters. The molecule has 0 unspecified atom stereocenters. The van der Waals surface area contributed by atoms with E-state index in [1.165, 1.54) is 0 Å². The summed E-state index contributed by atoms with van der Waals surface area (Å²) < 4.78 is 76.2. The van der Waals surface area contributed by atoms with Gasteiger partial charge in [0.1, 0.15) is 0 Å². The Morgan fingerprint density at radius 1 is 1.11 bits per heavy atom. The molecule has 1 rings (SSSR count). The molecule has 0 fully saturated rings. The van der Waals surface area contributed by atoms with E-state index in [-0.39, 0.29) is 4.47 Å². The van der Waals surface area contributed by atoms with E-state index < -0.39 is 40.0 Å². The van der Waals surface area contributed by atoms with Crippen LogP contribution in [-0.4, -0.2) is 11.9 Å². The summed E-state index contributed by atoms with van der Waals surface area (Å²) in [5, 5.41) is 0. The van der Waals surface area contributed by atoms with Crippen LogP contribution in [0, 0.1) is 0 Å². The lowest BCUT2D eigenvalue weighted by molar-refractivity contribution is -0.275. The number of halogens is 7. The van der Waals surface area contributed by atoms with Gasteiger partial charge >= 0.3 is 11.9 Å². The Bertz CT molecular complexity index is 446. The summed E-state index contributed by atoms with van der Waals surface area (Å²) >= 11 is 2.07. The van der Waals surface area contributed by atoms with Gasteiger partial charge in [-0.05, 0) is 39.8 Å². The molecule has 0 saturated heterocycles. The van der Waals surface area contributed by atoms with E-state index in [9.17, 15) is 26.3 Å². The fraction of sp³-hybridized carbons (Fsp3) is 0.250. The molecule has 102 valence electrons. The van der Waals surface area contributed by atoms with Gasteiger partial charge in [0.15, 0.2) is 5.75 Å². The molecule has 18 heavy (non-hydrogen) atoms. The molecule has 0 aliphatic heterocycles. The minimum Gasteiger partial charge on any atom is -0.402 e. The summed E-state index contributed by atoms with van der Waals surface area (Å²) in [4.78, 5) is -0.763. The van der Waals surface area contributed by atoms with E-state index in [2.05, 4.69) is 20.7 Å². The lowest BCUT2D eigenvalue weighted by Gasteiger charge is -2.16. The number of nitrogen functional groups attached to an aromatic ring is 1. The molecule has 0 spiro atoms. The average Bonchev–Trinajstić information content (AvgIpc) is 2.14. The monoisotopic (exact) mass is 355 g/mol. The summed E-state index contributed by atoms with van der Waals surface area (Å²) in [7, 11) is 0. The zero-order chi connectivity index (χ0) is 14.1. The Labute approximate surface area is 110 Å². The Morgan fingerprint density at radius 3 is 2.11 bits per heavy atom. The Hall–Kier alpha value is -0.770. The standard InChI is InChI=1S/C8H4BrF6NOS/c9-3-1-2-4(18-8(13,14)15)6(5(3)16)17-7(10,11)12/h1-2H,16H2. The first-order valence-corrected chi connectivity index (χ1v) is 5.70. The van der Waals surface area contributed by atoms with Crippen LogP contribution in [0.1, 0.15) is 0 Å². The molecule has 10 heteroatoms. The average molecular weight is 356 g/mol. The SMILES string of the molecule is Nc1c(Br)ccc(SC(F)(F)F)c1OC(F)(F)F.